The fourth-order valence-electron chi connectivity index (χ4n) is 3.95. The molecule has 2 aliphatic rings. The highest BCUT2D eigenvalue weighted by Crippen LogP contribution is 2.20. The quantitative estimate of drug-likeness (QED) is 0.719. The molecule has 148 valence electrons. The maximum absolute atomic E-state index is 12.5. The highest BCUT2D eigenvalue weighted by atomic mass is 16.2. The molecule has 2 saturated heterocycles. The number of aryl methyl sites for hydroxylation is 1. The number of rotatable bonds is 6. The topological polar surface area (TPSA) is 73.5 Å². The molecule has 1 aromatic rings. The summed E-state index contributed by atoms with van der Waals surface area (Å²) < 4.78 is 0. The molecule has 0 bridgehead atoms. The smallest absolute Gasteiger partial charge is 0.319 e. The molecule has 0 spiro atoms. The number of urea groups is 1. The van der Waals surface area contributed by atoms with Gasteiger partial charge in [0.1, 0.15) is 0 Å². The van der Waals surface area contributed by atoms with Crippen molar-refractivity contribution < 1.29 is 9.59 Å². The number of anilines is 1. The Bertz CT molecular complexity index is 626. The first-order valence-corrected chi connectivity index (χ1v) is 10.2. The Hall–Kier alpha value is -2.08. The standard InChI is InChI=1S/C21H32N4O2/c1-16-4-7-19(8-5-16)24-21(27)23-14-18-3-2-12-25(15-18)20(26)9-6-17-10-11-22-13-17/h4-5,7-8,17-18,22H,2-3,6,9-15H2,1H3,(H2,23,24,27). The molecule has 0 radical (unpaired) electrons. The van der Waals surface area contributed by atoms with Gasteiger partial charge >= 0.3 is 6.03 Å². The van der Waals surface area contributed by atoms with Crippen LogP contribution in [0.2, 0.25) is 0 Å². The minimum atomic E-state index is -0.184. The minimum Gasteiger partial charge on any atom is -0.342 e. The molecule has 3 amide bonds. The molecule has 6 nitrogen and oxygen atoms in total. The van der Waals surface area contributed by atoms with Gasteiger partial charge in [-0.15, -0.1) is 0 Å². The van der Waals surface area contributed by atoms with Gasteiger partial charge < -0.3 is 20.9 Å². The zero-order chi connectivity index (χ0) is 19.1. The molecule has 0 aromatic heterocycles. The SMILES string of the molecule is Cc1ccc(NC(=O)NCC2CCCN(C(=O)CCC3CCNC3)C2)cc1. The van der Waals surface area contributed by atoms with E-state index in [9.17, 15) is 9.59 Å². The number of hydrogen-bond donors (Lipinski definition) is 3. The van der Waals surface area contributed by atoms with Gasteiger partial charge in [-0.05, 0) is 69.7 Å². The minimum absolute atomic E-state index is 0.184. The van der Waals surface area contributed by atoms with E-state index >= 15 is 0 Å². The summed E-state index contributed by atoms with van der Waals surface area (Å²) in [6.45, 7) is 6.37. The molecule has 2 heterocycles. The van der Waals surface area contributed by atoms with E-state index in [0.717, 1.165) is 56.7 Å². The summed E-state index contributed by atoms with van der Waals surface area (Å²) in [4.78, 5) is 26.6. The first-order chi connectivity index (χ1) is 13.1. The van der Waals surface area contributed by atoms with E-state index in [2.05, 4.69) is 16.0 Å². The maximum atomic E-state index is 12.5. The van der Waals surface area contributed by atoms with Crippen LogP contribution in [0.15, 0.2) is 24.3 Å². The molecule has 27 heavy (non-hydrogen) atoms. The summed E-state index contributed by atoms with van der Waals surface area (Å²) in [6, 6.07) is 7.56. The van der Waals surface area contributed by atoms with E-state index in [1.807, 2.05) is 36.1 Å². The Kier molecular flexibility index (Phi) is 7.10. The lowest BCUT2D eigenvalue weighted by molar-refractivity contribution is -0.133. The molecule has 0 saturated carbocycles. The normalized spacial score (nSPS) is 22.5. The van der Waals surface area contributed by atoms with Crippen LogP contribution in [-0.2, 0) is 4.79 Å². The Labute approximate surface area is 162 Å². The predicted molar refractivity (Wildman–Crippen MR) is 108 cm³/mol. The molecule has 6 heteroatoms. The van der Waals surface area contributed by atoms with E-state index in [1.165, 1.54) is 6.42 Å². The van der Waals surface area contributed by atoms with E-state index in [-0.39, 0.29) is 11.9 Å². The van der Waals surface area contributed by atoms with Crippen LogP contribution < -0.4 is 16.0 Å². The van der Waals surface area contributed by atoms with Gasteiger partial charge in [-0.3, -0.25) is 4.79 Å². The summed E-state index contributed by atoms with van der Waals surface area (Å²) in [7, 11) is 0. The summed E-state index contributed by atoms with van der Waals surface area (Å²) >= 11 is 0. The second kappa shape index (κ2) is 9.74. The summed E-state index contributed by atoms with van der Waals surface area (Å²) in [5.74, 6) is 1.26. The van der Waals surface area contributed by atoms with Crippen molar-refractivity contribution in [1.82, 2.24) is 15.5 Å². The number of carbonyl (C=O) groups is 2. The Morgan fingerprint density at radius 3 is 2.74 bits per heavy atom. The van der Waals surface area contributed by atoms with E-state index in [1.54, 1.807) is 0 Å². The number of amides is 3. The number of nitrogens with one attached hydrogen (secondary N) is 3. The number of nitrogens with zero attached hydrogens (tertiary/aromatic N) is 1. The average molecular weight is 373 g/mol. The lowest BCUT2D eigenvalue weighted by Gasteiger charge is -2.33. The van der Waals surface area contributed by atoms with Gasteiger partial charge in [0.2, 0.25) is 5.91 Å². The number of piperidine rings is 1. The van der Waals surface area contributed by atoms with Crippen LogP contribution in [-0.4, -0.2) is 49.6 Å². The Balaban J connectivity index is 1.37. The van der Waals surface area contributed by atoms with Crippen LogP contribution in [0.25, 0.3) is 0 Å². The Morgan fingerprint density at radius 1 is 1.19 bits per heavy atom. The molecule has 2 aliphatic heterocycles. The average Bonchev–Trinajstić information content (AvgIpc) is 3.20. The summed E-state index contributed by atoms with van der Waals surface area (Å²) in [5, 5.41) is 9.17. The van der Waals surface area contributed by atoms with Crippen LogP contribution in [0.1, 0.15) is 37.7 Å². The van der Waals surface area contributed by atoms with Crippen LogP contribution in [0.5, 0.6) is 0 Å². The van der Waals surface area contributed by atoms with E-state index < -0.39 is 0 Å². The summed E-state index contributed by atoms with van der Waals surface area (Å²) in [6.07, 6.45) is 4.91. The second-order valence-corrected chi connectivity index (χ2v) is 7.95. The van der Waals surface area contributed by atoms with Gasteiger partial charge in [0.25, 0.3) is 0 Å². The van der Waals surface area contributed by atoms with Crippen LogP contribution in [0, 0.1) is 18.8 Å². The molecule has 1 aromatic carbocycles. The van der Waals surface area contributed by atoms with Gasteiger partial charge in [-0.25, -0.2) is 4.79 Å². The molecule has 2 fully saturated rings. The van der Waals surface area contributed by atoms with Crippen molar-refractivity contribution in [2.24, 2.45) is 11.8 Å². The maximum Gasteiger partial charge on any atom is 0.319 e. The lowest BCUT2D eigenvalue weighted by Crippen LogP contribution is -2.44. The van der Waals surface area contributed by atoms with Crippen molar-refractivity contribution >= 4 is 17.6 Å². The molecule has 0 aliphatic carbocycles. The zero-order valence-corrected chi connectivity index (χ0v) is 16.3. The molecule has 2 unspecified atom stereocenters. The van der Waals surface area contributed by atoms with Crippen molar-refractivity contribution in [1.29, 1.82) is 0 Å². The number of likely N-dealkylation sites (tertiary alicyclic amines) is 1. The third-order valence-corrected chi connectivity index (χ3v) is 5.66. The van der Waals surface area contributed by atoms with Crippen molar-refractivity contribution in [2.75, 3.05) is 38.0 Å². The van der Waals surface area contributed by atoms with Gasteiger partial charge in [-0.1, -0.05) is 17.7 Å². The van der Waals surface area contributed by atoms with Gasteiger partial charge in [0.05, 0.1) is 0 Å². The van der Waals surface area contributed by atoms with Crippen LogP contribution in [0.3, 0.4) is 0 Å². The van der Waals surface area contributed by atoms with Crippen LogP contribution in [0.4, 0.5) is 10.5 Å². The van der Waals surface area contributed by atoms with E-state index in [0.29, 0.717) is 24.8 Å². The van der Waals surface area contributed by atoms with Crippen molar-refractivity contribution in [3.63, 3.8) is 0 Å². The number of carbonyl (C=O) groups excluding carboxylic acids is 2. The van der Waals surface area contributed by atoms with E-state index in [4.69, 9.17) is 0 Å². The van der Waals surface area contributed by atoms with Gasteiger partial charge in [0, 0.05) is 31.7 Å². The first-order valence-electron chi connectivity index (χ1n) is 10.2. The summed E-state index contributed by atoms with van der Waals surface area (Å²) in [5.41, 5.74) is 1.96. The van der Waals surface area contributed by atoms with Crippen molar-refractivity contribution in [2.45, 2.75) is 39.0 Å². The lowest BCUT2D eigenvalue weighted by atomic mass is 9.96. The number of hydrogen-bond acceptors (Lipinski definition) is 3. The molecule has 3 N–H and O–H groups in total. The monoisotopic (exact) mass is 372 g/mol. The van der Waals surface area contributed by atoms with Gasteiger partial charge in [-0.2, -0.15) is 0 Å². The first kappa shape index (κ1) is 19.7. The second-order valence-electron chi connectivity index (χ2n) is 7.95. The zero-order valence-electron chi connectivity index (χ0n) is 16.3. The Morgan fingerprint density at radius 2 is 2.00 bits per heavy atom. The van der Waals surface area contributed by atoms with Crippen molar-refractivity contribution in [3.05, 3.63) is 29.8 Å². The highest BCUT2D eigenvalue weighted by Gasteiger charge is 2.25. The van der Waals surface area contributed by atoms with Gasteiger partial charge in [0.15, 0.2) is 0 Å². The third-order valence-electron chi connectivity index (χ3n) is 5.66. The fourth-order valence-corrected chi connectivity index (χ4v) is 3.95. The van der Waals surface area contributed by atoms with Crippen molar-refractivity contribution in [3.8, 4) is 0 Å². The molecule has 2 atom stereocenters. The third kappa shape index (κ3) is 6.24. The van der Waals surface area contributed by atoms with Crippen LogP contribution >= 0.6 is 0 Å². The number of benzene rings is 1. The molecule has 3 rings (SSSR count). The fraction of sp³-hybridized carbons (Fsp3) is 0.619. The highest BCUT2D eigenvalue weighted by molar-refractivity contribution is 5.89. The molecular weight excluding hydrogens is 340 g/mol. The molecular formula is C21H32N4O2. The largest absolute Gasteiger partial charge is 0.342 e. The predicted octanol–water partition coefficient (Wildman–Crippen LogP) is 2.74.